The molecule has 1 aliphatic heterocycles. The van der Waals surface area contributed by atoms with Crippen LogP contribution in [0.15, 0.2) is 47.6 Å². The molecule has 2 saturated carbocycles. The number of carbonyl (C=O) groups excluding carboxylic acids is 2. The van der Waals surface area contributed by atoms with E-state index in [2.05, 4.69) is 66.0 Å². The number of aryl methyl sites for hydroxylation is 2. The van der Waals surface area contributed by atoms with Crippen molar-refractivity contribution >= 4 is 18.0 Å². The van der Waals surface area contributed by atoms with E-state index in [1.54, 1.807) is 6.21 Å². The number of amides is 2. The quantitative estimate of drug-likeness (QED) is 0.448. The highest BCUT2D eigenvalue weighted by molar-refractivity contribution is 6.06. The number of carbonyl (C=O) groups is 2. The maximum absolute atomic E-state index is 13.1. The SMILES string of the molecule is Cc1ccc(-n2c(C)cc(/C=N\N3C(=O)[C@@H]4[C@H]5C=C[C@@H]([C@@H]6C[C@@H]56)[C@@H]4C3=O)c2C)cc1. The van der Waals surface area contributed by atoms with Crippen LogP contribution in [0.4, 0.5) is 0 Å². The van der Waals surface area contributed by atoms with Crippen LogP contribution in [0.1, 0.15) is 28.9 Å². The second-order valence-electron chi connectivity index (χ2n) is 9.38. The van der Waals surface area contributed by atoms with Gasteiger partial charge in [-0.15, -0.1) is 0 Å². The Morgan fingerprint density at radius 3 is 2.13 bits per heavy atom. The van der Waals surface area contributed by atoms with Gasteiger partial charge in [0.05, 0.1) is 18.1 Å². The molecule has 1 aromatic carbocycles. The fourth-order valence-electron chi connectivity index (χ4n) is 6.18. The molecule has 0 spiro atoms. The van der Waals surface area contributed by atoms with Crippen molar-refractivity contribution in [3.05, 3.63) is 65.0 Å². The Kier molecular flexibility index (Phi) is 3.59. The van der Waals surface area contributed by atoms with Crippen LogP contribution < -0.4 is 0 Å². The van der Waals surface area contributed by atoms with Crippen LogP contribution in [0.25, 0.3) is 5.69 Å². The topological polar surface area (TPSA) is 54.7 Å². The van der Waals surface area contributed by atoms with Crippen molar-refractivity contribution < 1.29 is 9.59 Å². The molecule has 2 bridgehead atoms. The standard InChI is InChI=1S/C25H25N3O2/c1-13-4-6-17(7-5-13)27-14(2)10-16(15(27)3)12-26-28-24(29)22-18-8-9-19(21-11-20(18)21)23(22)25(28)30/h4-10,12,18-23H,11H2,1-3H3/b26-12-/t18-,19-,20-,21-,22-,23+/m0/s1. The zero-order valence-corrected chi connectivity index (χ0v) is 17.4. The molecule has 1 aromatic heterocycles. The van der Waals surface area contributed by atoms with E-state index in [1.165, 1.54) is 12.0 Å². The lowest BCUT2D eigenvalue weighted by molar-refractivity contribution is -0.140. The lowest BCUT2D eigenvalue weighted by Crippen LogP contribution is -2.40. The molecule has 6 atom stereocenters. The molecule has 0 radical (unpaired) electrons. The van der Waals surface area contributed by atoms with Crippen molar-refractivity contribution in [2.24, 2.45) is 40.6 Å². The zero-order valence-electron chi connectivity index (χ0n) is 17.4. The first kappa shape index (κ1) is 17.9. The lowest BCUT2D eigenvalue weighted by Gasteiger charge is -2.37. The fraction of sp³-hybridized carbons (Fsp3) is 0.400. The molecule has 5 aliphatic rings. The van der Waals surface area contributed by atoms with E-state index in [4.69, 9.17) is 0 Å². The maximum Gasteiger partial charge on any atom is 0.254 e. The van der Waals surface area contributed by atoms with Gasteiger partial charge in [-0.25, -0.2) is 0 Å². The van der Waals surface area contributed by atoms with Crippen LogP contribution in [-0.2, 0) is 9.59 Å². The molecular weight excluding hydrogens is 374 g/mol. The molecule has 30 heavy (non-hydrogen) atoms. The van der Waals surface area contributed by atoms with Gasteiger partial charge in [0.1, 0.15) is 0 Å². The molecule has 2 heterocycles. The minimum absolute atomic E-state index is 0.113. The normalized spacial score (nSPS) is 33.5. The number of aromatic nitrogens is 1. The van der Waals surface area contributed by atoms with Gasteiger partial charge in [0.25, 0.3) is 11.8 Å². The van der Waals surface area contributed by atoms with Crippen molar-refractivity contribution in [1.29, 1.82) is 0 Å². The molecule has 3 fully saturated rings. The van der Waals surface area contributed by atoms with Gasteiger partial charge in [0, 0.05) is 22.6 Å². The smallest absolute Gasteiger partial charge is 0.254 e. The Bertz CT molecular complexity index is 1100. The van der Waals surface area contributed by atoms with Crippen LogP contribution in [0, 0.1) is 56.3 Å². The summed E-state index contributed by atoms with van der Waals surface area (Å²) in [6.45, 7) is 6.17. The largest absolute Gasteiger partial charge is 0.318 e. The van der Waals surface area contributed by atoms with Crippen LogP contribution >= 0.6 is 0 Å². The number of hydrazone groups is 1. The van der Waals surface area contributed by atoms with Gasteiger partial charge < -0.3 is 4.57 Å². The van der Waals surface area contributed by atoms with E-state index in [-0.39, 0.29) is 35.5 Å². The van der Waals surface area contributed by atoms with Gasteiger partial charge in [-0.2, -0.15) is 10.1 Å². The van der Waals surface area contributed by atoms with E-state index >= 15 is 0 Å². The molecule has 5 heteroatoms. The maximum atomic E-state index is 13.1. The molecule has 4 aliphatic carbocycles. The van der Waals surface area contributed by atoms with Crippen molar-refractivity contribution in [1.82, 2.24) is 9.58 Å². The number of hydrogen-bond donors (Lipinski definition) is 0. The molecule has 152 valence electrons. The predicted molar refractivity (Wildman–Crippen MR) is 114 cm³/mol. The highest BCUT2D eigenvalue weighted by Gasteiger charge is 2.67. The van der Waals surface area contributed by atoms with E-state index in [9.17, 15) is 9.59 Å². The van der Waals surface area contributed by atoms with E-state index in [1.807, 2.05) is 6.92 Å². The number of allylic oxidation sites excluding steroid dienone is 2. The van der Waals surface area contributed by atoms with Crippen molar-refractivity contribution in [2.75, 3.05) is 0 Å². The monoisotopic (exact) mass is 399 g/mol. The van der Waals surface area contributed by atoms with Crippen molar-refractivity contribution in [2.45, 2.75) is 27.2 Å². The highest BCUT2D eigenvalue weighted by atomic mass is 16.2. The summed E-state index contributed by atoms with van der Waals surface area (Å²) in [7, 11) is 0. The molecule has 0 unspecified atom stereocenters. The molecule has 5 nitrogen and oxygen atoms in total. The van der Waals surface area contributed by atoms with Crippen molar-refractivity contribution in [3.63, 3.8) is 0 Å². The fourth-order valence-corrected chi connectivity index (χ4v) is 6.18. The summed E-state index contributed by atoms with van der Waals surface area (Å²) in [4.78, 5) is 26.2. The Morgan fingerprint density at radius 1 is 0.933 bits per heavy atom. The van der Waals surface area contributed by atoms with Gasteiger partial charge in [-0.3, -0.25) is 9.59 Å². The van der Waals surface area contributed by atoms with Crippen LogP contribution in [0.3, 0.4) is 0 Å². The van der Waals surface area contributed by atoms with Crippen LogP contribution in [0.2, 0.25) is 0 Å². The summed E-state index contributed by atoms with van der Waals surface area (Å²) in [5.41, 5.74) is 5.37. The Hall–Kier alpha value is -2.95. The first-order chi connectivity index (χ1) is 14.5. The summed E-state index contributed by atoms with van der Waals surface area (Å²) in [6.07, 6.45) is 7.22. The highest BCUT2D eigenvalue weighted by Crippen LogP contribution is 2.65. The van der Waals surface area contributed by atoms with E-state index in [0.717, 1.165) is 27.6 Å². The van der Waals surface area contributed by atoms with Gasteiger partial charge in [-0.05, 0) is 69.1 Å². The third-order valence-corrected chi connectivity index (χ3v) is 7.71. The molecule has 0 N–H and O–H groups in total. The number of imide groups is 1. The Labute approximate surface area is 176 Å². The average Bonchev–Trinajstić information content (AvgIpc) is 3.46. The van der Waals surface area contributed by atoms with Gasteiger partial charge in [-0.1, -0.05) is 29.8 Å². The molecular formula is C25H25N3O2. The molecule has 1 saturated heterocycles. The summed E-state index contributed by atoms with van der Waals surface area (Å²) >= 11 is 0. The summed E-state index contributed by atoms with van der Waals surface area (Å²) in [5.74, 6) is 1.05. The molecule has 2 aromatic rings. The van der Waals surface area contributed by atoms with Crippen molar-refractivity contribution in [3.8, 4) is 5.69 Å². The minimum Gasteiger partial charge on any atom is -0.318 e. The minimum atomic E-state index is -0.201. The zero-order chi connectivity index (χ0) is 20.7. The molecule has 7 rings (SSSR count). The third kappa shape index (κ3) is 2.32. The summed E-state index contributed by atoms with van der Waals surface area (Å²) < 4.78 is 2.17. The van der Waals surface area contributed by atoms with Crippen LogP contribution in [-0.4, -0.2) is 27.6 Å². The first-order valence-electron chi connectivity index (χ1n) is 10.8. The van der Waals surface area contributed by atoms with Gasteiger partial charge in [0.15, 0.2) is 0 Å². The lowest BCUT2D eigenvalue weighted by atomic mass is 9.63. The number of rotatable bonds is 3. The van der Waals surface area contributed by atoms with E-state index < -0.39 is 0 Å². The number of benzene rings is 1. The second-order valence-corrected chi connectivity index (χ2v) is 9.38. The van der Waals surface area contributed by atoms with Crippen LogP contribution in [0.5, 0.6) is 0 Å². The second kappa shape index (κ2) is 6.03. The number of hydrogen-bond acceptors (Lipinski definition) is 3. The molecule has 2 amide bonds. The predicted octanol–water partition coefficient (Wildman–Crippen LogP) is 3.79. The summed E-state index contributed by atoms with van der Waals surface area (Å²) in [6, 6.07) is 10.4. The summed E-state index contributed by atoms with van der Waals surface area (Å²) in [5, 5.41) is 5.57. The third-order valence-electron chi connectivity index (χ3n) is 7.71. The van der Waals surface area contributed by atoms with Gasteiger partial charge >= 0.3 is 0 Å². The van der Waals surface area contributed by atoms with Gasteiger partial charge in [0.2, 0.25) is 0 Å². The average molecular weight is 399 g/mol. The Morgan fingerprint density at radius 2 is 1.53 bits per heavy atom. The first-order valence-corrected chi connectivity index (χ1v) is 10.8. The van der Waals surface area contributed by atoms with E-state index in [0.29, 0.717) is 11.8 Å². The number of nitrogens with zero attached hydrogens (tertiary/aromatic N) is 3. The Balaban J connectivity index is 1.30.